The van der Waals surface area contributed by atoms with Crippen LogP contribution >= 0.6 is 15.9 Å². The zero-order valence-corrected chi connectivity index (χ0v) is 18.9. The van der Waals surface area contributed by atoms with E-state index < -0.39 is 11.6 Å². The fourth-order valence-electron chi connectivity index (χ4n) is 3.01. The van der Waals surface area contributed by atoms with Crippen LogP contribution in [0.4, 0.5) is 8.78 Å². The number of rotatable bonds is 8. The second-order valence-electron chi connectivity index (χ2n) is 7.13. The van der Waals surface area contributed by atoms with Crippen molar-refractivity contribution in [3.63, 3.8) is 0 Å². The van der Waals surface area contributed by atoms with Crippen molar-refractivity contribution in [3.8, 4) is 11.5 Å². The number of hydrogen-bond donors (Lipinski definition) is 2. The van der Waals surface area contributed by atoms with Crippen molar-refractivity contribution in [1.82, 2.24) is 9.88 Å². The molecule has 0 saturated heterocycles. The Hall–Kier alpha value is -3.04. The summed E-state index contributed by atoms with van der Waals surface area (Å²) in [6, 6.07) is 11.5. The van der Waals surface area contributed by atoms with Crippen LogP contribution in [0.3, 0.4) is 0 Å². The number of pyridine rings is 1. The summed E-state index contributed by atoms with van der Waals surface area (Å²) in [6.07, 6.45) is 0.703. The second kappa shape index (κ2) is 10.5. The van der Waals surface area contributed by atoms with Crippen molar-refractivity contribution in [3.05, 3.63) is 91.8 Å². The highest BCUT2D eigenvalue weighted by molar-refractivity contribution is 9.10. The van der Waals surface area contributed by atoms with E-state index in [4.69, 9.17) is 10.5 Å². The van der Waals surface area contributed by atoms with Crippen LogP contribution < -0.4 is 21.3 Å². The molecule has 0 aliphatic rings. The van der Waals surface area contributed by atoms with Crippen molar-refractivity contribution in [2.45, 2.75) is 19.9 Å². The number of carbonyl (C=O) groups is 1. The third kappa shape index (κ3) is 5.60. The predicted molar refractivity (Wildman–Crippen MR) is 121 cm³/mol. The smallest absolute Gasteiger partial charge is 0.269 e. The molecule has 3 aromatic rings. The molecule has 168 valence electrons. The van der Waals surface area contributed by atoms with E-state index in [1.54, 1.807) is 37.3 Å². The molecular weight excluding hydrogens is 484 g/mol. The van der Waals surface area contributed by atoms with Gasteiger partial charge in [0.25, 0.3) is 11.5 Å². The Morgan fingerprint density at radius 3 is 2.50 bits per heavy atom. The Balaban J connectivity index is 1.78. The van der Waals surface area contributed by atoms with Gasteiger partial charge in [-0.15, -0.1) is 0 Å². The molecule has 3 N–H and O–H groups in total. The molecule has 0 atom stereocenters. The maximum Gasteiger partial charge on any atom is 0.269 e. The van der Waals surface area contributed by atoms with Gasteiger partial charge in [0.15, 0.2) is 11.6 Å². The van der Waals surface area contributed by atoms with Crippen molar-refractivity contribution in [1.29, 1.82) is 0 Å². The molecule has 1 aromatic heterocycles. The highest BCUT2D eigenvalue weighted by Crippen LogP contribution is 2.30. The Labute approximate surface area is 192 Å². The molecule has 0 saturated carbocycles. The molecule has 32 heavy (non-hydrogen) atoms. The lowest BCUT2D eigenvalue weighted by Gasteiger charge is -2.15. The van der Waals surface area contributed by atoms with Crippen LogP contribution in [0, 0.1) is 18.6 Å². The first kappa shape index (κ1) is 23.6. The first-order valence-corrected chi connectivity index (χ1v) is 10.7. The Morgan fingerprint density at radius 2 is 1.84 bits per heavy atom. The number of amides is 1. The lowest BCUT2D eigenvalue weighted by molar-refractivity contribution is 0.0953. The molecule has 0 unspecified atom stereocenters. The van der Waals surface area contributed by atoms with Crippen LogP contribution in [0.5, 0.6) is 11.5 Å². The number of aromatic nitrogens is 1. The van der Waals surface area contributed by atoms with Gasteiger partial charge in [0.05, 0.1) is 6.54 Å². The van der Waals surface area contributed by atoms with E-state index in [2.05, 4.69) is 21.2 Å². The third-order valence-electron chi connectivity index (χ3n) is 4.75. The topological polar surface area (TPSA) is 86.3 Å². The second-order valence-corrected chi connectivity index (χ2v) is 7.92. The summed E-state index contributed by atoms with van der Waals surface area (Å²) in [5.74, 6) is -1.84. The molecule has 0 fully saturated rings. The standard InChI is InChI=1S/C23H22BrF2N3O3/c1-14-11-20(32-19-8-7-17(25)12-18(19)26)21(24)23(31)29(14)13-15-3-5-16(6-4-15)22(30)28-10-2-9-27/h3-8,11-12H,2,9-10,13,27H2,1H3,(H,28,30). The summed E-state index contributed by atoms with van der Waals surface area (Å²) in [4.78, 5) is 25.0. The molecule has 0 aliphatic heterocycles. The van der Waals surface area contributed by atoms with E-state index in [1.807, 2.05) is 0 Å². The summed E-state index contributed by atoms with van der Waals surface area (Å²) >= 11 is 3.22. The van der Waals surface area contributed by atoms with Gasteiger partial charge in [-0.1, -0.05) is 12.1 Å². The van der Waals surface area contributed by atoms with Gasteiger partial charge >= 0.3 is 0 Å². The Morgan fingerprint density at radius 1 is 1.12 bits per heavy atom. The molecule has 2 aromatic carbocycles. The van der Waals surface area contributed by atoms with Gasteiger partial charge in [0.1, 0.15) is 16.0 Å². The van der Waals surface area contributed by atoms with E-state index in [9.17, 15) is 18.4 Å². The molecule has 0 bridgehead atoms. The molecule has 1 heterocycles. The van der Waals surface area contributed by atoms with E-state index in [0.717, 1.165) is 17.7 Å². The number of hydrogen-bond acceptors (Lipinski definition) is 4. The fourth-order valence-corrected chi connectivity index (χ4v) is 3.42. The molecule has 0 aliphatic carbocycles. The Kier molecular flexibility index (Phi) is 7.76. The lowest BCUT2D eigenvalue weighted by atomic mass is 10.1. The number of nitrogens with zero attached hydrogens (tertiary/aromatic N) is 1. The maximum absolute atomic E-state index is 13.9. The monoisotopic (exact) mass is 505 g/mol. The van der Waals surface area contributed by atoms with Gasteiger partial charge in [-0.25, -0.2) is 8.78 Å². The highest BCUT2D eigenvalue weighted by atomic mass is 79.9. The van der Waals surface area contributed by atoms with E-state index >= 15 is 0 Å². The van der Waals surface area contributed by atoms with Gasteiger partial charge in [-0.3, -0.25) is 9.59 Å². The van der Waals surface area contributed by atoms with Crippen LogP contribution in [-0.2, 0) is 6.54 Å². The van der Waals surface area contributed by atoms with Crippen LogP contribution in [0.25, 0.3) is 0 Å². The van der Waals surface area contributed by atoms with Gasteiger partial charge < -0.3 is 20.4 Å². The highest BCUT2D eigenvalue weighted by Gasteiger charge is 2.15. The average Bonchev–Trinajstić information content (AvgIpc) is 2.77. The molecule has 6 nitrogen and oxygen atoms in total. The first-order valence-electron chi connectivity index (χ1n) is 9.90. The number of ether oxygens (including phenoxy) is 1. The number of nitrogens with one attached hydrogen (secondary N) is 1. The maximum atomic E-state index is 13.9. The number of aryl methyl sites for hydroxylation is 1. The average molecular weight is 506 g/mol. The van der Waals surface area contributed by atoms with Crippen LogP contribution in [0.15, 0.2) is 57.8 Å². The summed E-state index contributed by atoms with van der Waals surface area (Å²) in [5.41, 5.74) is 6.97. The summed E-state index contributed by atoms with van der Waals surface area (Å²) in [6.45, 7) is 3.01. The van der Waals surface area contributed by atoms with Gasteiger partial charge in [0.2, 0.25) is 0 Å². The first-order chi connectivity index (χ1) is 15.3. The van der Waals surface area contributed by atoms with Crippen molar-refractivity contribution >= 4 is 21.8 Å². The van der Waals surface area contributed by atoms with Gasteiger partial charge in [-0.05, 0) is 65.6 Å². The SMILES string of the molecule is Cc1cc(Oc2ccc(F)cc2F)c(Br)c(=O)n1Cc1ccc(C(=O)NCCCN)cc1. The van der Waals surface area contributed by atoms with Crippen LogP contribution in [-0.4, -0.2) is 23.6 Å². The number of benzene rings is 2. The fraction of sp³-hybridized carbons (Fsp3) is 0.217. The number of nitrogens with two attached hydrogens (primary N) is 1. The van der Waals surface area contributed by atoms with E-state index in [0.29, 0.717) is 36.8 Å². The molecule has 3 rings (SSSR count). The lowest BCUT2D eigenvalue weighted by Crippen LogP contribution is -2.26. The summed E-state index contributed by atoms with van der Waals surface area (Å²) < 4.78 is 34.1. The zero-order valence-electron chi connectivity index (χ0n) is 17.3. The summed E-state index contributed by atoms with van der Waals surface area (Å²) in [7, 11) is 0. The van der Waals surface area contributed by atoms with Crippen molar-refractivity contribution in [2.24, 2.45) is 5.73 Å². The minimum atomic E-state index is -0.870. The van der Waals surface area contributed by atoms with E-state index in [-0.39, 0.29) is 34.0 Å². The minimum absolute atomic E-state index is 0.114. The number of carbonyl (C=O) groups excluding carboxylic acids is 1. The van der Waals surface area contributed by atoms with E-state index in [1.165, 1.54) is 4.57 Å². The van der Waals surface area contributed by atoms with Crippen molar-refractivity contribution < 1.29 is 18.3 Å². The molecule has 0 radical (unpaired) electrons. The molecule has 0 spiro atoms. The molecule has 9 heteroatoms. The normalized spacial score (nSPS) is 10.8. The van der Waals surface area contributed by atoms with Gasteiger partial charge in [0, 0.05) is 29.9 Å². The summed E-state index contributed by atoms with van der Waals surface area (Å²) in [5, 5.41) is 2.79. The van der Waals surface area contributed by atoms with Crippen LogP contribution in [0.2, 0.25) is 0 Å². The minimum Gasteiger partial charge on any atom is -0.453 e. The molecule has 1 amide bonds. The predicted octanol–water partition coefficient (Wildman–Crippen LogP) is 4.12. The van der Waals surface area contributed by atoms with Crippen molar-refractivity contribution in [2.75, 3.05) is 13.1 Å². The molecular formula is C23H22BrF2N3O3. The Bertz CT molecular complexity index is 1180. The zero-order chi connectivity index (χ0) is 23.3. The van der Waals surface area contributed by atoms with Crippen LogP contribution in [0.1, 0.15) is 28.0 Å². The third-order valence-corrected chi connectivity index (χ3v) is 5.48. The van der Waals surface area contributed by atoms with Gasteiger partial charge in [-0.2, -0.15) is 0 Å². The quantitative estimate of drug-likeness (QED) is 0.451. The largest absolute Gasteiger partial charge is 0.453 e. The number of halogens is 3.